The minimum absolute atomic E-state index is 0.141. The van der Waals surface area contributed by atoms with Gasteiger partial charge in [0.05, 0.1) is 12.5 Å². The number of furan rings is 1. The topological polar surface area (TPSA) is 51.5 Å². The second kappa shape index (κ2) is 7.51. The Morgan fingerprint density at radius 3 is 2.46 bits per heavy atom. The fraction of sp³-hybridized carbons (Fsp3) is 0.150. The van der Waals surface area contributed by atoms with Crippen LogP contribution in [0.2, 0.25) is 0 Å². The van der Waals surface area contributed by atoms with Gasteiger partial charge in [-0.2, -0.15) is 0 Å². The van der Waals surface area contributed by atoms with Gasteiger partial charge in [0.2, 0.25) is 0 Å². The first-order valence-corrected chi connectivity index (χ1v) is 7.83. The number of benzene rings is 2. The van der Waals surface area contributed by atoms with Crippen molar-refractivity contribution in [3.8, 4) is 16.9 Å². The number of carbonyl (C=O) groups is 1. The molecule has 1 N–H and O–H groups in total. The molecule has 0 radical (unpaired) electrons. The number of nitrogens with one attached hydrogen (secondary N) is 1. The molecule has 0 saturated carbocycles. The molecule has 1 heterocycles. The molecule has 122 valence electrons. The molecule has 0 saturated heterocycles. The Kier molecular flexibility index (Phi) is 4.96. The summed E-state index contributed by atoms with van der Waals surface area (Å²) in [5.74, 6) is 0.544. The van der Waals surface area contributed by atoms with E-state index in [9.17, 15) is 4.79 Å². The molecule has 3 aromatic rings. The Labute approximate surface area is 141 Å². The van der Waals surface area contributed by atoms with Gasteiger partial charge in [0.15, 0.2) is 6.10 Å². The minimum Gasteiger partial charge on any atom is -0.481 e. The summed E-state index contributed by atoms with van der Waals surface area (Å²) in [6.45, 7) is 2.21. The van der Waals surface area contributed by atoms with Crippen molar-refractivity contribution < 1.29 is 13.9 Å². The third-order valence-corrected chi connectivity index (χ3v) is 3.70. The van der Waals surface area contributed by atoms with Crippen LogP contribution >= 0.6 is 0 Å². The van der Waals surface area contributed by atoms with Gasteiger partial charge < -0.3 is 14.5 Å². The lowest BCUT2D eigenvalue weighted by atomic mass is 10.1. The predicted octanol–water partition coefficient (Wildman–Crippen LogP) is 4.03. The van der Waals surface area contributed by atoms with Gasteiger partial charge >= 0.3 is 0 Å². The van der Waals surface area contributed by atoms with Crippen molar-refractivity contribution in [1.29, 1.82) is 0 Å². The van der Waals surface area contributed by atoms with Crippen LogP contribution in [-0.4, -0.2) is 12.0 Å². The number of amides is 1. The summed E-state index contributed by atoms with van der Waals surface area (Å²) in [7, 11) is 0. The summed E-state index contributed by atoms with van der Waals surface area (Å²) in [4.78, 5) is 12.1. The normalized spacial score (nSPS) is 11.7. The molecule has 1 amide bonds. The molecule has 2 aromatic carbocycles. The molecule has 0 spiro atoms. The lowest BCUT2D eigenvalue weighted by molar-refractivity contribution is -0.127. The maximum Gasteiger partial charge on any atom is 0.261 e. The molecule has 4 heteroatoms. The zero-order valence-corrected chi connectivity index (χ0v) is 13.4. The Hall–Kier alpha value is -3.01. The highest BCUT2D eigenvalue weighted by Gasteiger charge is 2.14. The van der Waals surface area contributed by atoms with Crippen LogP contribution in [-0.2, 0) is 11.3 Å². The standard InChI is InChI=1S/C20H19NO3/c1-15(24-19-5-3-2-4-6-19)20(22)21-13-16-7-9-17(10-8-16)18-11-12-23-14-18/h2-12,14-15H,13H2,1H3,(H,21,22)/t15-/m0/s1. The van der Waals surface area contributed by atoms with Crippen molar-refractivity contribution >= 4 is 5.91 Å². The van der Waals surface area contributed by atoms with E-state index in [4.69, 9.17) is 9.15 Å². The molecule has 0 fully saturated rings. The fourth-order valence-electron chi connectivity index (χ4n) is 2.33. The van der Waals surface area contributed by atoms with Crippen molar-refractivity contribution in [2.75, 3.05) is 0 Å². The number of carbonyl (C=O) groups excluding carboxylic acids is 1. The first-order valence-electron chi connectivity index (χ1n) is 7.83. The third-order valence-electron chi connectivity index (χ3n) is 3.70. The minimum atomic E-state index is -0.544. The molecule has 0 aliphatic heterocycles. The van der Waals surface area contributed by atoms with Gasteiger partial charge in [0, 0.05) is 12.1 Å². The molecule has 0 unspecified atom stereocenters. The first kappa shape index (κ1) is 15.9. The molecule has 3 rings (SSSR count). The van der Waals surface area contributed by atoms with Gasteiger partial charge in [-0.05, 0) is 36.2 Å². The van der Waals surface area contributed by atoms with Crippen LogP contribution in [0.5, 0.6) is 5.75 Å². The highest BCUT2D eigenvalue weighted by atomic mass is 16.5. The van der Waals surface area contributed by atoms with Crippen LogP contribution in [0.1, 0.15) is 12.5 Å². The van der Waals surface area contributed by atoms with Gasteiger partial charge in [-0.15, -0.1) is 0 Å². The maximum absolute atomic E-state index is 12.1. The van der Waals surface area contributed by atoms with Crippen molar-refractivity contribution in [1.82, 2.24) is 5.32 Å². The van der Waals surface area contributed by atoms with Crippen molar-refractivity contribution in [2.24, 2.45) is 0 Å². The molecule has 24 heavy (non-hydrogen) atoms. The Morgan fingerprint density at radius 1 is 1.04 bits per heavy atom. The Balaban J connectivity index is 1.52. The lowest BCUT2D eigenvalue weighted by Gasteiger charge is -2.14. The fourth-order valence-corrected chi connectivity index (χ4v) is 2.33. The van der Waals surface area contributed by atoms with Crippen LogP contribution < -0.4 is 10.1 Å². The van der Waals surface area contributed by atoms with Gasteiger partial charge in [0.25, 0.3) is 5.91 Å². The van der Waals surface area contributed by atoms with Gasteiger partial charge in [-0.25, -0.2) is 0 Å². The number of rotatable bonds is 6. The highest BCUT2D eigenvalue weighted by molar-refractivity contribution is 5.80. The van der Waals surface area contributed by atoms with E-state index in [1.54, 1.807) is 19.5 Å². The van der Waals surface area contributed by atoms with Gasteiger partial charge in [-0.3, -0.25) is 4.79 Å². The van der Waals surface area contributed by atoms with Crippen molar-refractivity contribution in [3.63, 3.8) is 0 Å². The van der Waals surface area contributed by atoms with Crippen LogP contribution in [0.4, 0.5) is 0 Å². The van der Waals surface area contributed by atoms with Crippen molar-refractivity contribution in [2.45, 2.75) is 19.6 Å². The van der Waals surface area contributed by atoms with E-state index in [1.807, 2.05) is 60.7 Å². The van der Waals surface area contributed by atoms with Crippen LogP contribution in [0.3, 0.4) is 0 Å². The van der Waals surface area contributed by atoms with E-state index in [0.29, 0.717) is 12.3 Å². The number of hydrogen-bond donors (Lipinski definition) is 1. The Bertz CT molecular complexity index is 764. The molecule has 1 atom stereocenters. The number of para-hydroxylation sites is 1. The molecule has 0 aliphatic carbocycles. The zero-order chi connectivity index (χ0) is 16.8. The smallest absolute Gasteiger partial charge is 0.261 e. The number of ether oxygens (including phenoxy) is 1. The van der Waals surface area contributed by atoms with Gasteiger partial charge in [-0.1, -0.05) is 42.5 Å². The maximum atomic E-state index is 12.1. The molecule has 4 nitrogen and oxygen atoms in total. The van der Waals surface area contributed by atoms with Crippen LogP contribution in [0.25, 0.3) is 11.1 Å². The van der Waals surface area contributed by atoms with Gasteiger partial charge in [0.1, 0.15) is 5.75 Å². The lowest BCUT2D eigenvalue weighted by Crippen LogP contribution is -2.35. The third kappa shape index (κ3) is 4.04. The molecule has 0 aliphatic rings. The summed E-state index contributed by atoms with van der Waals surface area (Å²) in [5, 5.41) is 2.89. The second-order valence-corrected chi connectivity index (χ2v) is 5.50. The second-order valence-electron chi connectivity index (χ2n) is 5.50. The van der Waals surface area contributed by atoms with E-state index < -0.39 is 6.10 Å². The zero-order valence-electron chi connectivity index (χ0n) is 13.4. The summed E-state index contributed by atoms with van der Waals surface area (Å²) in [6.07, 6.45) is 2.81. The summed E-state index contributed by atoms with van der Waals surface area (Å²) < 4.78 is 10.7. The molecule has 0 bridgehead atoms. The highest BCUT2D eigenvalue weighted by Crippen LogP contribution is 2.20. The average Bonchev–Trinajstić information content (AvgIpc) is 3.15. The van der Waals surface area contributed by atoms with Crippen LogP contribution in [0, 0.1) is 0 Å². The van der Waals surface area contributed by atoms with Crippen molar-refractivity contribution in [3.05, 3.63) is 78.8 Å². The molecule has 1 aromatic heterocycles. The molecular formula is C20H19NO3. The van der Waals surface area contributed by atoms with E-state index in [1.165, 1.54) is 0 Å². The monoisotopic (exact) mass is 321 g/mol. The van der Waals surface area contributed by atoms with E-state index in [-0.39, 0.29) is 5.91 Å². The average molecular weight is 321 g/mol. The summed E-state index contributed by atoms with van der Waals surface area (Å²) in [6, 6.07) is 19.2. The Morgan fingerprint density at radius 2 is 1.79 bits per heavy atom. The van der Waals surface area contributed by atoms with E-state index in [2.05, 4.69) is 5.32 Å². The summed E-state index contributed by atoms with van der Waals surface area (Å²) in [5.41, 5.74) is 3.15. The van der Waals surface area contributed by atoms with E-state index in [0.717, 1.165) is 16.7 Å². The predicted molar refractivity (Wildman–Crippen MR) is 92.5 cm³/mol. The largest absolute Gasteiger partial charge is 0.481 e. The van der Waals surface area contributed by atoms with Crippen LogP contribution in [0.15, 0.2) is 77.6 Å². The SMILES string of the molecule is C[C@H](Oc1ccccc1)C(=O)NCc1ccc(-c2ccoc2)cc1. The first-order chi connectivity index (χ1) is 11.7. The van der Waals surface area contributed by atoms with E-state index >= 15 is 0 Å². The number of hydrogen-bond acceptors (Lipinski definition) is 3. The summed E-state index contributed by atoms with van der Waals surface area (Å²) >= 11 is 0. The molecular weight excluding hydrogens is 302 g/mol. The quantitative estimate of drug-likeness (QED) is 0.746.